The molecular formula is C11H13BrFNO. The zero-order chi connectivity index (χ0) is 11.3. The van der Waals surface area contributed by atoms with Gasteiger partial charge in [-0.3, -0.25) is 0 Å². The normalized spacial score (nSPS) is 10.1. The molecule has 82 valence electrons. The largest absolute Gasteiger partial charge is 0.489 e. The lowest BCUT2D eigenvalue weighted by Crippen LogP contribution is -2.14. The zero-order valence-corrected chi connectivity index (χ0v) is 10.1. The highest BCUT2D eigenvalue weighted by atomic mass is 79.9. The van der Waals surface area contributed by atoms with Gasteiger partial charge in [0.2, 0.25) is 0 Å². The lowest BCUT2D eigenvalue weighted by Gasteiger charge is -2.08. The lowest BCUT2D eigenvalue weighted by atomic mass is 10.3. The summed E-state index contributed by atoms with van der Waals surface area (Å²) in [4.78, 5) is 0. The van der Waals surface area contributed by atoms with E-state index < -0.39 is 0 Å². The molecule has 0 saturated heterocycles. The highest BCUT2D eigenvalue weighted by molar-refractivity contribution is 9.10. The molecule has 1 aromatic rings. The number of halogens is 2. The Morgan fingerprint density at radius 3 is 2.87 bits per heavy atom. The number of hydrogen-bond acceptors (Lipinski definition) is 2. The minimum absolute atomic E-state index is 0.321. The van der Waals surface area contributed by atoms with Crippen LogP contribution in [0.25, 0.3) is 0 Å². The summed E-state index contributed by atoms with van der Waals surface area (Å²) in [5, 5.41) is 2.96. The van der Waals surface area contributed by atoms with Crippen LogP contribution in [0.4, 0.5) is 4.39 Å². The fourth-order valence-electron chi connectivity index (χ4n) is 1.10. The van der Waals surface area contributed by atoms with Crippen LogP contribution in [0.15, 0.2) is 34.8 Å². The molecule has 0 bridgehead atoms. The third kappa shape index (κ3) is 4.44. The van der Waals surface area contributed by atoms with Crippen molar-refractivity contribution in [2.75, 3.05) is 20.2 Å². The Morgan fingerprint density at radius 1 is 1.53 bits per heavy atom. The van der Waals surface area contributed by atoms with Crippen molar-refractivity contribution in [3.8, 4) is 5.75 Å². The maximum absolute atomic E-state index is 13.0. The first-order valence-electron chi connectivity index (χ1n) is 4.52. The van der Waals surface area contributed by atoms with Crippen LogP contribution < -0.4 is 10.1 Å². The summed E-state index contributed by atoms with van der Waals surface area (Å²) in [6.45, 7) is 4.89. The lowest BCUT2D eigenvalue weighted by molar-refractivity contribution is 0.347. The van der Waals surface area contributed by atoms with Crippen LogP contribution in [0, 0.1) is 5.82 Å². The molecule has 0 aromatic heterocycles. The number of hydrogen-bond donors (Lipinski definition) is 1. The maximum Gasteiger partial charge on any atom is 0.128 e. The molecule has 0 heterocycles. The molecular weight excluding hydrogens is 261 g/mol. The van der Waals surface area contributed by atoms with Crippen molar-refractivity contribution < 1.29 is 9.13 Å². The van der Waals surface area contributed by atoms with Crippen molar-refractivity contribution in [3.05, 3.63) is 40.6 Å². The van der Waals surface area contributed by atoms with E-state index in [-0.39, 0.29) is 5.82 Å². The van der Waals surface area contributed by atoms with Crippen molar-refractivity contribution in [1.82, 2.24) is 5.32 Å². The van der Waals surface area contributed by atoms with Crippen molar-refractivity contribution >= 4 is 15.9 Å². The molecule has 0 aliphatic carbocycles. The first kappa shape index (κ1) is 12.2. The van der Waals surface area contributed by atoms with Gasteiger partial charge >= 0.3 is 0 Å². The van der Waals surface area contributed by atoms with Crippen molar-refractivity contribution in [3.63, 3.8) is 0 Å². The van der Waals surface area contributed by atoms with Gasteiger partial charge in [0.25, 0.3) is 0 Å². The van der Waals surface area contributed by atoms with E-state index in [1.165, 1.54) is 12.1 Å². The monoisotopic (exact) mass is 273 g/mol. The van der Waals surface area contributed by atoms with E-state index >= 15 is 0 Å². The van der Waals surface area contributed by atoms with E-state index in [1.807, 2.05) is 7.05 Å². The maximum atomic E-state index is 13.0. The van der Waals surface area contributed by atoms with Crippen LogP contribution in [-0.2, 0) is 0 Å². The molecule has 1 aromatic carbocycles. The smallest absolute Gasteiger partial charge is 0.128 e. The van der Waals surface area contributed by atoms with Crippen LogP contribution in [0.2, 0.25) is 0 Å². The third-order valence-electron chi connectivity index (χ3n) is 1.71. The van der Waals surface area contributed by atoms with Crippen LogP contribution in [0.3, 0.4) is 0 Å². The first-order chi connectivity index (χ1) is 7.11. The van der Waals surface area contributed by atoms with Crippen molar-refractivity contribution in [2.24, 2.45) is 0 Å². The minimum atomic E-state index is -0.321. The van der Waals surface area contributed by atoms with E-state index in [0.29, 0.717) is 23.4 Å². The molecule has 15 heavy (non-hydrogen) atoms. The Hall–Kier alpha value is -0.870. The van der Waals surface area contributed by atoms with Gasteiger partial charge in [0.05, 0.1) is 0 Å². The fraction of sp³-hybridized carbons (Fsp3) is 0.273. The molecule has 0 aliphatic heterocycles. The molecule has 2 nitrogen and oxygen atoms in total. The Morgan fingerprint density at radius 2 is 2.27 bits per heavy atom. The topological polar surface area (TPSA) is 21.3 Å². The second-order valence-electron chi connectivity index (χ2n) is 3.17. The number of nitrogens with one attached hydrogen (secondary N) is 1. The molecule has 0 fully saturated rings. The predicted octanol–water partition coefficient (Wildman–Crippen LogP) is 2.74. The number of ether oxygens (including phenoxy) is 1. The fourth-order valence-corrected chi connectivity index (χ4v) is 1.54. The van der Waals surface area contributed by atoms with Gasteiger partial charge in [-0.2, -0.15) is 0 Å². The van der Waals surface area contributed by atoms with Crippen LogP contribution in [-0.4, -0.2) is 20.2 Å². The summed E-state index contributed by atoms with van der Waals surface area (Å²) in [7, 11) is 1.84. The summed E-state index contributed by atoms with van der Waals surface area (Å²) < 4.78 is 19.0. The van der Waals surface area contributed by atoms with E-state index in [4.69, 9.17) is 4.74 Å². The molecule has 1 rings (SSSR count). The Bertz CT molecular complexity index is 334. The molecule has 0 aliphatic rings. The van der Waals surface area contributed by atoms with Gasteiger partial charge in [-0.25, -0.2) is 4.39 Å². The molecule has 0 atom stereocenters. The molecule has 1 N–H and O–H groups in total. The minimum Gasteiger partial charge on any atom is -0.489 e. The van der Waals surface area contributed by atoms with Crippen LogP contribution in [0.1, 0.15) is 0 Å². The first-order valence-corrected chi connectivity index (χ1v) is 5.31. The van der Waals surface area contributed by atoms with Gasteiger partial charge in [-0.15, -0.1) is 0 Å². The molecule has 0 radical (unpaired) electrons. The zero-order valence-electron chi connectivity index (χ0n) is 8.52. The van der Waals surface area contributed by atoms with Gasteiger partial charge in [-0.05, 0) is 24.8 Å². The molecule has 0 saturated carbocycles. The Labute approximate surface area is 97.3 Å². The van der Waals surface area contributed by atoms with Gasteiger partial charge in [0.1, 0.15) is 18.2 Å². The summed E-state index contributed by atoms with van der Waals surface area (Å²) >= 11 is 3.20. The quantitative estimate of drug-likeness (QED) is 0.834. The number of rotatable bonds is 5. The van der Waals surface area contributed by atoms with Gasteiger partial charge in [0.15, 0.2) is 0 Å². The van der Waals surface area contributed by atoms with E-state index in [9.17, 15) is 4.39 Å². The number of likely N-dealkylation sites (N-methyl/N-ethyl adjacent to an activating group) is 1. The summed E-state index contributed by atoms with van der Waals surface area (Å²) in [6.07, 6.45) is 0. The highest BCUT2D eigenvalue weighted by Gasteiger charge is 2.00. The predicted molar refractivity (Wildman–Crippen MR) is 62.7 cm³/mol. The van der Waals surface area contributed by atoms with E-state index in [0.717, 1.165) is 5.57 Å². The van der Waals surface area contributed by atoms with Crippen molar-refractivity contribution in [2.45, 2.75) is 0 Å². The Balaban J connectivity index is 2.54. The van der Waals surface area contributed by atoms with Gasteiger partial charge in [-0.1, -0.05) is 22.5 Å². The average molecular weight is 274 g/mol. The second kappa shape index (κ2) is 5.88. The molecule has 4 heteroatoms. The highest BCUT2D eigenvalue weighted by Crippen LogP contribution is 2.20. The van der Waals surface area contributed by atoms with Crippen LogP contribution >= 0.6 is 15.9 Å². The Kier molecular flexibility index (Phi) is 4.78. The van der Waals surface area contributed by atoms with Gasteiger partial charge in [0, 0.05) is 17.1 Å². The standard InChI is InChI=1S/C11H13BrFNO/c1-8(6-14-2)7-15-11-4-9(12)3-10(13)5-11/h3-5,14H,1,6-7H2,2H3. The van der Waals surface area contributed by atoms with E-state index in [1.54, 1.807) is 6.07 Å². The third-order valence-corrected chi connectivity index (χ3v) is 2.16. The summed E-state index contributed by atoms with van der Waals surface area (Å²) in [5.41, 5.74) is 0.915. The summed E-state index contributed by atoms with van der Waals surface area (Å²) in [5.74, 6) is 0.178. The molecule has 0 amide bonds. The summed E-state index contributed by atoms with van der Waals surface area (Å²) in [6, 6.07) is 4.45. The average Bonchev–Trinajstić information content (AvgIpc) is 2.14. The molecule has 0 unspecified atom stereocenters. The van der Waals surface area contributed by atoms with Gasteiger partial charge < -0.3 is 10.1 Å². The van der Waals surface area contributed by atoms with Crippen LogP contribution in [0.5, 0.6) is 5.75 Å². The van der Waals surface area contributed by atoms with E-state index in [2.05, 4.69) is 27.8 Å². The molecule has 0 spiro atoms. The SMILES string of the molecule is C=C(CNC)COc1cc(F)cc(Br)c1. The number of benzene rings is 1. The van der Waals surface area contributed by atoms with Crippen molar-refractivity contribution in [1.29, 1.82) is 0 Å². The second-order valence-corrected chi connectivity index (χ2v) is 4.09.